The molecule has 0 bridgehead atoms. The Morgan fingerprint density at radius 2 is 1.29 bits per heavy atom. The standard InChI is InChI=1S/C18H16O3/c1-13(19)16(18(21)15-10-6-3-7-11-15)12-17(20)14-8-4-2-5-9-14/h2-11,16H,12H2,1H3/t16-/m1/s1. The predicted molar refractivity (Wildman–Crippen MR) is 80.3 cm³/mol. The lowest BCUT2D eigenvalue weighted by Crippen LogP contribution is -2.25. The molecule has 0 saturated heterocycles. The smallest absolute Gasteiger partial charge is 0.173 e. The van der Waals surface area contributed by atoms with E-state index in [1.807, 2.05) is 6.07 Å². The van der Waals surface area contributed by atoms with Crippen LogP contribution >= 0.6 is 0 Å². The molecular formula is C18H16O3. The summed E-state index contributed by atoms with van der Waals surface area (Å²) in [5.74, 6) is -1.69. The summed E-state index contributed by atoms with van der Waals surface area (Å²) in [4.78, 5) is 36.3. The van der Waals surface area contributed by atoms with Crippen molar-refractivity contribution < 1.29 is 14.4 Å². The van der Waals surface area contributed by atoms with Crippen LogP contribution in [0.4, 0.5) is 0 Å². The maximum atomic E-state index is 12.4. The minimum Gasteiger partial charge on any atom is -0.299 e. The molecule has 0 aliphatic heterocycles. The molecule has 3 nitrogen and oxygen atoms in total. The molecule has 0 unspecified atom stereocenters. The molecule has 0 aliphatic rings. The van der Waals surface area contributed by atoms with Gasteiger partial charge in [0.25, 0.3) is 0 Å². The van der Waals surface area contributed by atoms with Crippen LogP contribution in [-0.4, -0.2) is 17.3 Å². The van der Waals surface area contributed by atoms with Crippen LogP contribution in [-0.2, 0) is 4.79 Å². The molecule has 0 radical (unpaired) electrons. The van der Waals surface area contributed by atoms with E-state index in [9.17, 15) is 14.4 Å². The number of carbonyl (C=O) groups is 3. The maximum Gasteiger partial charge on any atom is 0.173 e. The Kier molecular flexibility index (Phi) is 4.77. The minimum atomic E-state index is -0.917. The fourth-order valence-corrected chi connectivity index (χ4v) is 2.15. The van der Waals surface area contributed by atoms with Crippen molar-refractivity contribution in [1.29, 1.82) is 0 Å². The zero-order valence-electron chi connectivity index (χ0n) is 11.8. The lowest BCUT2D eigenvalue weighted by Gasteiger charge is -2.12. The van der Waals surface area contributed by atoms with Crippen LogP contribution in [0.2, 0.25) is 0 Å². The van der Waals surface area contributed by atoms with Gasteiger partial charge in [0.15, 0.2) is 11.6 Å². The first-order valence-electron chi connectivity index (χ1n) is 6.77. The normalized spacial score (nSPS) is 11.7. The number of ketones is 3. The van der Waals surface area contributed by atoms with E-state index in [0.717, 1.165) is 0 Å². The third kappa shape index (κ3) is 3.72. The Morgan fingerprint density at radius 3 is 1.76 bits per heavy atom. The first-order chi connectivity index (χ1) is 10.1. The fourth-order valence-electron chi connectivity index (χ4n) is 2.15. The van der Waals surface area contributed by atoms with Gasteiger partial charge >= 0.3 is 0 Å². The van der Waals surface area contributed by atoms with E-state index in [1.54, 1.807) is 54.6 Å². The molecule has 106 valence electrons. The molecule has 0 fully saturated rings. The highest BCUT2D eigenvalue weighted by Gasteiger charge is 2.27. The van der Waals surface area contributed by atoms with Crippen molar-refractivity contribution in [2.75, 3.05) is 0 Å². The first kappa shape index (κ1) is 14.9. The minimum absolute atomic E-state index is 0.0902. The number of hydrogen-bond acceptors (Lipinski definition) is 3. The summed E-state index contributed by atoms with van der Waals surface area (Å²) in [5.41, 5.74) is 0.975. The fraction of sp³-hybridized carbons (Fsp3) is 0.167. The quantitative estimate of drug-likeness (QED) is 0.602. The summed E-state index contributed by atoms with van der Waals surface area (Å²) < 4.78 is 0. The van der Waals surface area contributed by atoms with Crippen LogP contribution in [0.5, 0.6) is 0 Å². The zero-order valence-corrected chi connectivity index (χ0v) is 11.8. The van der Waals surface area contributed by atoms with E-state index >= 15 is 0 Å². The van der Waals surface area contributed by atoms with Crippen LogP contribution in [0.1, 0.15) is 34.1 Å². The van der Waals surface area contributed by atoms with Crippen LogP contribution in [0, 0.1) is 5.92 Å². The number of benzene rings is 2. The average molecular weight is 280 g/mol. The van der Waals surface area contributed by atoms with Crippen LogP contribution in [0.3, 0.4) is 0 Å². The van der Waals surface area contributed by atoms with Crippen LogP contribution in [0.25, 0.3) is 0 Å². The molecular weight excluding hydrogens is 264 g/mol. The molecule has 0 spiro atoms. The summed E-state index contributed by atoms with van der Waals surface area (Å²) in [5, 5.41) is 0. The lowest BCUT2D eigenvalue weighted by molar-refractivity contribution is -0.119. The Balaban J connectivity index is 2.19. The van der Waals surface area contributed by atoms with E-state index in [2.05, 4.69) is 0 Å². The molecule has 0 N–H and O–H groups in total. The monoisotopic (exact) mass is 280 g/mol. The van der Waals surface area contributed by atoms with Crippen molar-refractivity contribution in [3.05, 3.63) is 71.8 Å². The van der Waals surface area contributed by atoms with Gasteiger partial charge in [-0.15, -0.1) is 0 Å². The largest absolute Gasteiger partial charge is 0.299 e. The van der Waals surface area contributed by atoms with Gasteiger partial charge in [-0.2, -0.15) is 0 Å². The maximum absolute atomic E-state index is 12.4. The number of Topliss-reactive ketones (excluding diaryl/α,β-unsaturated/α-hetero) is 3. The summed E-state index contributed by atoms with van der Waals surface area (Å²) in [6.07, 6.45) is -0.0902. The first-order valence-corrected chi connectivity index (χ1v) is 6.77. The van der Waals surface area contributed by atoms with Crippen molar-refractivity contribution in [3.63, 3.8) is 0 Å². The van der Waals surface area contributed by atoms with E-state index in [-0.39, 0.29) is 23.8 Å². The SMILES string of the molecule is CC(=O)[C@@H](CC(=O)c1ccccc1)C(=O)c1ccccc1. The molecule has 2 aromatic rings. The van der Waals surface area contributed by atoms with E-state index in [1.165, 1.54) is 6.92 Å². The topological polar surface area (TPSA) is 51.2 Å². The molecule has 0 amide bonds. The van der Waals surface area contributed by atoms with Gasteiger partial charge in [-0.3, -0.25) is 14.4 Å². The molecule has 3 heteroatoms. The molecule has 2 rings (SSSR count). The van der Waals surface area contributed by atoms with Crippen LogP contribution in [0.15, 0.2) is 60.7 Å². The second-order valence-electron chi connectivity index (χ2n) is 4.89. The average Bonchev–Trinajstić information content (AvgIpc) is 2.53. The Morgan fingerprint density at radius 1 is 0.810 bits per heavy atom. The van der Waals surface area contributed by atoms with E-state index < -0.39 is 5.92 Å². The van der Waals surface area contributed by atoms with Gasteiger partial charge in [0.1, 0.15) is 5.78 Å². The third-order valence-corrected chi connectivity index (χ3v) is 3.35. The van der Waals surface area contributed by atoms with Gasteiger partial charge < -0.3 is 0 Å². The molecule has 0 aliphatic carbocycles. The van der Waals surface area contributed by atoms with Crippen LogP contribution < -0.4 is 0 Å². The summed E-state index contributed by atoms with van der Waals surface area (Å²) in [6, 6.07) is 17.3. The highest BCUT2D eigenvalue weighted by atomic mass is 16.2. The van der Waals surface area contributed by atoms with E-state index in [0.29, 0.717) is 11.1 Å². The van der Waals surface area contributed by atoms with Crippen molar-refractivity contribution in [1.82, 2.24) is 0 Å². The third-order valence-electron chi connectivity index (χ3n) is 3.35. The summed E-state index contributed by atoms with van der Waals surface area (Å²) in [6.45, 7) is 1.35. The molecule has 0 saturated carbocycles. The van der Waals surface area contributed by atoms with Gasteiger partial charge in [-0.25, -0.2) is 0 Å². The second kappa shape index (κ2) is 6.75. The Bertz CT molecular complexity index is 645. The van der Waals surface area contributed by atoms with Gasteiger partial charge in [-0.1, -0.05) is 60.7 Å². The van der Waals surface area contributed by atoms with Gasteiger partial charge in [0.05, 0.1) is 5.92 Å². The lowest BCUT2D eigenvalue weighted by atomic mass is 9.88. The van der Waals surface area contributed by atoms with Gasteiger partial charge in [0.2, 0.25) is 0 Å². The molecule has 0 aromatic heterocycles. The summed E-state index contributed by atoms with van der Waals surface area (Å²) in [7, 11) is 0. The van der Waals surface area contributed by atoms with Crippen molar-refractivity contribution in [2.24, 2.45) is 5.92 Å². The van der Waals surface area contributed by atoms with Crippen molar-refractivity contribution in [2.45, 2.75) is 13.3 Å². The zero-order chi connectivity index (χ0) is 15.2. The Labute approximate surface area is 123 Å². The second-order valence-corrected chi connectivity index (χ2v) is 4.89. The highest BCUT2D eigenvalue weighted by Crippen LogP contribution is 2.17. The van der Waals surface area contributed by atoms with Gasteiger partial charge in [0, 0.05) is 17.5 Å². The number of hydrogen-bond donors (Lipinski definition) is 0. The number of rotatable bonds is 6. The predicted octanol–water partition coefficient (Wildman–Crippen LogP) is 3.35. The molecule has 1 atom stereocenters. The highest BCUT2D eigenvalue weighted by molar-refractivity contribution is 6.13. The summed E-state index contributed by atoms with van der Waals surface area (Å²) >= 11 is 0. The molecule has 2 aromatic carbocycles. The van der Waals surface area contributed by atoms with Crippen molar-refractivity contribution >= 4 is 17.3 Å². The van der Waals surface area contributed by atoms with E-state index in [4.69, 9.17) is 0 Å². The number of carbonyl (C=O) groups excluding carboxylic acids is 3. The Hall–Kier alpha value is -2.55. The molecule has 21 heavy (non-hydrogen) atoms. The molecule has 0 heterocycles. The van der Waals surface area contributed by atoms with Gasteiger partial charge in [-0.05, 0) is 6.92 Å². The van der Waals surface area contributed by atoms with Crippen molar-refractivity contribution in [3.8, 4) is 0 Å².